The normalized spacial score (nSPS) is 18.7. The first-order valence-corrected chi connectivity index (χ1v) is 12.6. The van der Waals surface area contributed by atoms with Gasteiger partial charge >= 0.3 is 0 Å². The van der Waals surface area contributed by atoms with Crippen LogP contribution in [-0.4, -0.2) is 52.4 Å². The lowest BCUT2D eigenvalue weighted by Gasteiger charge is -2.27. The Morgan fingerprint density at radius 3 is 2.41 bits per heavy atom. The maximum atomic E-state index is 13.4. The zero-order valence-electron chi connectivity index (χ0n) is 16.4. The summed E-state index contributed by atoms with van der Waals surface area (Å²) >= 11 is 0. The van der Waals surface area contributed by atoms with Crippen molar-refractivity contribution in [3.8, 4) is 11.5 Å². The van der Waals surface area contributed by atoms with E-state index in [1.165, 1.54) is 23.5 Å². The number of sulfone groups is 1. The van der Waals surface area contributed by atoms with E-state index in [4.69, 9.17) is 9.47 Å². The lowest BCUT2D eigenvalue weighted by atomic mass is 10.2. The molecule has 0 unspecified atom stereocenters. The van der Waals surface area contributed by atoms with Crippen molar-refractivity contribution in [2.75, 3.05) is 25.2 Å². The van der Waals surface area contributed by atoms with Crippen molar-refractivity contribution in [1.29, 1.82) is 0 Å². The number of rotatable bonds is 8. The molecule has 1 fully saturated rings. The third-order valence-corrected chi connectivity index (χ3v) is 8.49. The van der Waals surface area contributed by atoms with Crippen molar-refractivity contribution < 1.29 is 26.3 Å². The van der Waals surface area contributed by atoms with Crippen molar-refractivity contribution in [1.82, 2.24) is 4.31 Å². The topological polar surface area (TPSA) is 90.0 Å². The van der Waals surface area contributed by atoms with Crippen molar-refractivity contribution in [3.63, 3.8) is 0 Å². The predicted octanol–water partition coefficient (Wildman–Crippen LogP) is 2.47. The van der Waals surface area contributed by atoms with E-state index >= 15 is 0 Å². The first-order chi connectivity index (χ1) is 13.7. The van der Waals surface area contributed by atoms with E-state index in [9.17, 15) is 16.8 Å². The summed E-state index contributed by atoms with van der Waals surface area (Å²) in [6, 6.07) is 12.7. The molecule has 1 heterocycles. The summed E-state index contributed by atoms with van der Waals surface area (Å²) in [7, 11) is -5.63. The molecule has 0 saturated carbocycles. The zero-order valence-corrected chi connectivity index (χ0v) is 18.1. The summed E-state index contributed by atoms with van der Waals surface area (Å²) in [6.07, 6.45) is 0.280. The van der Waals surface area contributed by atoms with Gasteiger partial charge in [0.05, 0.1) is 30.1 Å². The van der Waals surface area contributed by atoms with Crippen LogP contribution in [0.3, 0.4) is 0 Å². The predicted molar refractivity (Wildman–Crippen MR) is 110 cm³/mol. The molecular weight excluding hydrogens is 414 g/mol. The fourth-order valence-corrected chi connectivity index (χ4v) is 6.84. The highest BCUT2D eigenvalue weighted by Crippen LogP contribution is 2.28. The zero-order chi connectivity index (χ0) is 21.1. The van der Waals surface area contributed by atoms with Gasteiger partial charge in [0.1, 0.15) is 11.5 Å². The molecule has 0 spiro atoms. The monoisotopic (exact) mass is 439 g/mol. The van der Waals surface area contributed by atoms with Gasteiger partial charge in [-0.25, -0.2) is 16.8 Å². The van der Waals surface area contributed by atoms with E-state index in [2.05, 4.69) is 0 Å². The van der Waals surface area contributed by atoms with Crippen LogP contribution in [0.15, 0.2) is 53.4 Å². The minimum absolute atomic E-state index is 0.00885. The Bertz CT molecular complexity index is 1050. The highest BCUT2D eigenvalue weighted by molar-refractivity contribution is 7.92. The first kappa shape index (κ1) is 21.6. The highest BCUT2D eigenvalue weighted by atomic mass is 32.2. The largest absolute Gasteiger partial charge is 0.497 e. The minimum atomic E-state index is -3.91. The number of hydrogen-bond acceptors (Lipinski definition) is 6. The second-order valence-corrected chi connectivity index (χ2v) is 11.0. The quantitative estimate of drug-likeness (QED) is 0.628. The highest BCUT2D eigenvalue weighted by Gasteiger charge is 2.38. The van der Waals surface area contributed by atoms with Gasteiger partial charge in [0.25, 0.3) is 0 Å². The fourth-order valence-electron chi connectivity index (χ4n) is 3.37. The molecule has 1 saturated heterocycles. The van der Waals surface area contributed by atoms with Crippen LogP contribution < -0.4 is 9.47 Å². The Morgan fingerprint density at radius 1 is 1.10 bits per heavy atom. The molecule has 0 radical (unpaired) electrons. The van der Waals surface area contributed by atoms with E-state index in [0.29, 0.717) is 18.1 Å². The van der Waals surface area contributed by atoms with Gasteiger partial charge in [-0.1, -0.05) is 12.1 Å². The van der Waals surface area contributed by atoms with Crippen molar-refractivity contribution in [2.24, 2.45) is 0 Å². The summed E-state index contributed by atoms with van der Waals surface area (Å²) in [5, 5.41) is 0. The summed E-state index contributed by atoms with van der Waals surface area (Å²) in [5.74, 6) is 1.01. The molecule has 7 nitrogen and oxygen atoms in total. The summed E-state index contributed by atoms with van der Waals surface area (Å²) in [4.78, 5) is 0.105. The van der Waals surface area contributed by atoms with Crippen LogP contribution in [0.5, 0.6) is 11.5 Å². The van der Waals surface area contributed by atoms with Crippen molar-refractivity contribution >= 4 is 19.9 Å². The Kier molecular flexibility index (Phi) is 6.50. The van der Waals surface area contributed by atoms with Gasteiger partial charge in [-0.2, -0.15) is 4.31 Å². The maximum Gasteiger partial charge on any atom is 0.243 e. The number of sulfonamides is 1. The third kappa shape index (κ3) is 5.09. The molecule has 29 heavy (non-hydrogen) atoms. The third-order valence-electron chi connectivity index (χ3n) is 4.83. The van der Waals surface area contributed by atoms with Gasteiger partial charge in [-0.15, -0.1) is 0 Å². The summed E-state index contributed by atoms with van der Waals surface area (Å²) < 4.78 is 62.8. The van der Waals surface area contributed by atoms with Crippen LogP contribution in [0, 0.1) is 0 Å². The van der Waals surface area contributed by atoms with Gasteiger partial charge in [0, 0.05) is 12.6 Å². The molecule has 2 aromatic carbocycles. The second-order valence-electron chi connectivity index (χ2n) is 6.86. The molecule has 0 bridgehead atoms. The Balaban J connectivity index is 1.96. The summed E-state index contributed by atoms with van der Waals surface area (Å²) in [6.45, 7) is 2.39. The van der Waals surface area contributed by atoms with Gasteiger partial charge < -0.3 is 9.47 Å². The molecule has 0 aromatic heterocycles. The van der Waals surface area contributed by atoms with Crippen LogP contribution in [0.2, 0.25) is 0 Å². The van der Waals surface area contributed by atoms with Gasteiger partial charge in [-0.05, 0) is 55.3 Å². The van der Waals surface area contributed by atoms with Gasteiger partial charge in [0.15, 0.2) is 9.84 Å². The standard InChI is InChI=1S/C20H25NO6S2/c1-3-27-18-7-9-20(10-8-18)29(24,25)21(17-11-12-28(22,23)15-17)14-16-5-4-6-19(13-16)26-2/h4-10,13,17H,3,11-12,14-15H2,1-2H3/t17-/m1/s1. The lowest BCUT2D eigenvalue weighted by molar-refractivity contribution is 0.332. The molecule has 3 rings (SSSR count). The number of ether oxygens (including phenoxy) is 2. The van der Waals surface area contributed by atoms with Crippen LogP contribution in [0.4, 0.5) is 0 Å². The van der Waals surface area contributed by atoms with Gasteiger partial charge in [0.2, 0.25) is 10.0 Å². The molecule has 0 aliphatic carbocycles. The molecule has 158 valence electrons. The first-order valence-electron chi connectivity index (χ1n) is 9.33. The number of benzene rings is 2. The number of nitrogens with zero attached hydrogens (tertiary/aromatic N) is 1. The SMILES string of the molecule is CCOc1ccc(S(=O)(=O)N(Cc2cccc(OC)c2)[C@@H]2CCS(=O)(=O)C2)cc1. The number of hydrogen-bond donors (Lipinski definition) is 0. The lowest BCUT2D eigenvalue weighted by Crippen LogP contribution is -2.40. The molecule has 0 amide bonds. The van der Waals surface area contributed by atoms with Crippen molar-refractivity contribution in [3.05, 3.63) is 54.1 Å². The molecule has 0 N–H and O–H groups in total. The fraction of sp³-hybridized carbons (Fsp3) is 0.400. The smallest absolute Gasteiger partial charge is 0.243 e. The van der Waals surface area contributed by atoms with Crippen LogP contribution in [0.25, 0.3) is 0 Å². The molecule has 9 heteroatoms. The van der Waals surface area contributed by atoms with E-state index in [1.54, 1.807) is 36.4 Å². The summed E-state index contributed by atoms with van der Waals surface area (Å²) in [5.41, 5.74) is 0.725. The van der Waals surface area contributed by atoms with E-state index in [-0.39, 0.29) is 29.4 Å². The number of methoxy groups -OCH3 is 1. The van der Waals surface area contributed by atoms with Crippen LogP contribution >= 0.6 is 0 Å². The minimum Gasteiger partial charge on any atom is -0.497 e. The van der Waals surface area contributed by atoms with Gasteiger partial charge in [-0.3, -0.25) is 0 Å². The Labute approximate surface area is 172 Å². The van der Waals surface area contributed by atoms with E-state index in [1.807, 2.05) is 6.92 Å². The average Bonchev–Trinajstić information content (AvgIpc) is 3.06. The molecule has 1 atom stereocenters. The van der Waals surface area contributed by atoms with Crippen LogP contribution in [0.1, 0.15) is 18.9 Å². The Morgan fingerprint density at radius 2 is 1.83 bits per heavy atom. The van der Waals surface area contributed by atoms with Crippen molar-refractivity contribution in [2.45, 2.75) is 30.8 Å². The Hall–Kier alpha value is -2.10. The molecule has 2 aromatic rings. The molecule has 1 aliphatic heterocycles. The molecular formula is C20H25NO6S2. The van der Waals surface area contributed by atoms with E-state index < -0.39 is 25.9 Å². The van der Waals surface area contributed by atoms with E-state index in [0.717, 1.165) is 5.56 Å². The second kappa shape index (κ2) is 8.73. The van der Waals surface area contributed by atoms with Crippen LogP contribution in [-0.2, 0) is 26.4 Å². The molecule has 1 aliphatic rings. The maximum absolute atomic E-state index is 13.4. The average molecular weight is 440 g/mol.